The van der Waals surface area contributed by atoms with Gasteiger partial charge in [-0.25, -0.2) is 0 Å². The number of rotatable bonds is 6. The van der Waals surface area contributed by atoms with Gasteiger partial charge in [0, 0.05) is 6.54 Å². The molecule has 0 aromatic heterocycles. The molecule has 0 aliphatic carbocycles. The molecule has 0 heterocycles. The van der Waals surface area contributed by atoms with Crippen LogP contribution >= 0.6 is 0 Å². The summed E-state index contributed by atoms with van der Waals surface area (Å²) in [5.41, 5.74) is 2.18. The van der Waals surface area contributed by atoms with Gasteiger partial charge in [-0.2, -0.15) is 0 Å². The van der Waals surface area contributed by atoms with Crippen molar-refractivity contribution in [2.75, 3.05) is 6.54 Å². The van der Waals surface area contributed by atoms with E-state index >= 15 is 0 Å². The maximum atomic E-state index is 11.4. The van der Waals surface area contributed by atoms with Crippen LogP contribution in [0, 0.1) is 0 Å². The molecular formula is C13H17NO3. The zero-order chi connectivity index (χ0) is 12.7. The maximum absolute atomic E-state index is 11.4. The van der Waals surface area contributed by atoms with Crippen molar-refractivity contribution in [3.05, 3.63) is 35.4 Å². The van der Waals surface area contributed by atoms with Gasteiger partial charge in [-0.15, -0.1) is 0 Å². The molecule has 92 valence electrons. The first kappa shape index (κ1) is 13.2. The summed E-state index contributed by atoms with van der Waals surface area (Å²) in [6, 6.07) is 7.85. The molecule has 0 bridgehead atoms. The van der Waals surface area contributed by atoms with Crippen molar-refractivity contribution < 1.29 is 14.7 Å². The van der Waals surface area contributed by atoms with Crippen LogP contribution in [0.2, 0.25) is 0 Å². The maximum Gasteiger partial charge on any atom is 0.305 e. The van der Waals surface area contributed by atoms with Crippen LogP contribution in [-0.4, -0.2) is 23.5 Å². The Labute approximate surface area is 101 Å². The fourth-order valence-corrected chi connectivity index (χ4v) is 1.45. The highest BCUT2D eigenvalue weighted by atomic mass is 16.4. The van der Waals surface area contributed by atoms with E-state index in [1.165, 1.54) is 5.56 Å². The lowest BCUT2D eigenvalue weighted by Crippen LogP contribution is -2.27. The predicted molar refractivity (Wildman–Crippen MR) is 64.8 cm³/mol. The Balaban J connectivity index is 2.37. The Morgan fingerprint density at radius 3 is 2.29 bits per heavy atom. The van der Waals surface area contributed by atoms with E-state index in [4.69, 9.17) is 5.11 Å². The van der Waals surface area contributed by atoms with Gasteiger partial charge < -0.3 is 10.4 Å². The van der Waals surface area contributed by atoms with Crippen molar-refractivity contribution >= 4 is 11.9 Å². The molecule has 1 amide bonds. The summed E-state index contributed by atoms with van der Waals surface area (Å²) in [6.07, 6.45) is 1.23. The number of benzene rings is 1. The van der Waals surface area contributed by atoms with Crippen molar-refractivity contribution in [2.45, 2.75) is 26.2 Å². The van der Waals surface area contributed by atoms with E-state index in [0.717, 1.165) is 12.0 Å². The largest absolute Gasteiger partial charge is 0.481 e. The van der Waals surface area contributed by atoms with Crippen LogP contribution in [-0.2, 0) is 22.4 Å². The SMILES string of the molecule is CCc1ccc(CC(=O)NCCC(=O)O)cc1. The van der Waals surface area contributed by atoms with Gasteiger partial charge >= 0.3 is 5.97 Å². The summed E-state index contributed by atoms with van der Waals surface area (Å²) in [5.74, 6) is -1.05. The number of hydrogen-bond donors (Lipinski definition) is 2. The van der Waals surface area contributed by atoms with Crippen molar-refractivity contribution in [3.63, 3.8) is 0 Å². The Hall–Kier alpha value is -1.84. The Morgan fingerprint density at radius 2 is 1.76 bits per heavy atom. The van der Waals surface area contributed by atoms with Gasteiger partial charge in [-0.3, -0.25) is 9.59 Å². The molecule has 0 fully saturated rings. The molecule has 17 heavy (non-hydrogen) atoms. The van der Waals surface area contributed by atoms with E-state index in [9.17, 15) is 9.59 Å². The summed E-state index contributed by atoms with van der Waals surface area (Å²) in [4.78, 5) is 21.7. The zero-order valence-electron chi connectivity index (χ0n) is 9.90. The highest BCUT2D eigenvalue weighted by Crippen LogP contribution is 2.05. The summed E-state index contributed by atoms with van der Waals surface area (Å²) in [6.45, 7) is 2.26. The fourth-order valence-electron chi connectivity index (χ4n) is 1.45. The van der Waals surface area contributed by atoms with Crippen molar-refractivity contribution in [3.8, 4) is 0 Å². The molecule has 0 spiro atoms. The van der Waals surface area contributed by atoms with Crippen LogP contribution in [0.3, 0.4) is 0 Å². The van der Waals surface area contributed by atoms with E-state index < -0.39 is 5.97 Å². The van der Waals surface area contributed by atoms with Gasteiger partial charge in [0.25, 0.3) is 0 Å². The number of carbonyl (C=O) groups is 2. The minimum Gasteiger partial charge on any atom is -0.481 e. The molecular weight excluding hydrogens is 218 g/mol. The average Bonchev–Trinajstić information content (AvgIpc) is 2.29. The monoisotopic (exact) mass is 235 g/mol. The lowest BCUT2D eigenvalue weighted by molar-refractivity contribution is -0.136. The smallest absolute Gasteiger partial charge is 0.305 e. The molecule has 1 aromatic carbocycles. The second-order valence-electron chi connectivity index (χ2n) is 3.84. The molecule has 0 aliphatic rings. The Kier molecular flexibility index (Phi) is 5.20. The van der Waals surface area contributed by atoms with Crippen LogP contribution < -0.4 is 5.32 Å². The summed E-state index contributed by atoms with van der Waals surface area (Å²) < 4.78 is 0. The highest BCUT2D eigenvalue weighted by molar-refractivity contribution is 5.79. The number of hydrogen-bond acceptors (Lipinski definition) is 2. The summed E-state index contributed by atoms with van der Waals surface area (Å²) in [5, 5.41) is 11.0. The second-order valence-corrected chi connectivity index (χ2v) is 3.84. The number of aryl methyl sites for hydroxylation is 1. The summed E-state index contributed by atoms with van der Waals surface area (Å²) >= 11 is 0. The number of carboxylic acids is 1. The molecule has 0 aliphatic heterocycles. The van der Waals surface area contributed by atoms with Crippen LogP contribution in [0.15, 0.2) is 24.3 Å². The van der Waals surface area contributed by atoms with Gasteiger partial charge in [-0.05, 0) is 17.5 Å². The van der Waals surface area contributed by atoms with E-state index in [0.29, 0.717) is 6.42 Å². The van der Waals surface area contributed by atoms with E-state index in [1.54, 1.807) is 0 Å². The molecule has 0 saturated heterocycles. The van der Waals surface area contributed by atoms with Crippen LogP contribution in [0.25, 0.3) is 0 Å². The number of aliphatic carboxylic acids is 1. The predicted octanol–water partition coefficient (Wildman–Crippen LogP) is 1.38. The standard InChI is InChI=1S/C13H17NO3/c1-2-10-3-5-11(6-4-10)9-12(15)14-8-7-13(16)17/h3-6H,2,7-9H2,1H3,(H,14,15)(H,16,17). The second kappa shape index (κ2) is 6.68. The first-order chi connectivity index (χ1) is 8.11. The quantitative estimate of drug-likeness (QED) is 0.782. The van der Waals surface area contributed by atoms with Crippen molar-refractivity contribution in [2.24, 2.45) is 0 Å². The van der Waals surface area contributed by atoms with Crippen molar-refractivity contribution in [1.29, 1.82) is 0 Å². The van der Waals surface area contributed by atoms with E-state index in [2.05, 4.69) is 12.2 Å². The highest BCUT2D eigenvalue weighted by Gasteiger charge is 2.04. The van der Waals surface area contributed by atoms with Crippen LogP contribution in [0.1, 0.15) is 24.5 Å². The third kappa shape index (κ3) is 5.15. The van der Waals surface area contributed by atoms with E-state index in [1.807, 2.05) is 24.3 Å². The first-order valence-corrected chi connectivity index (χ1v) is 5.68. The molecule has 0 radical (unpaired) electrons. The molecule has 1 rings (SSSR count). The van der Waals surface area contributed by atoms with Gasteiger partial charge in [0.15, 0.2) is 0 Å². The van der Waals surface area contributed by atoms with Gasteiger partial charge in [0.2, 0.25) is 5.91 Å². The third-order valence-electron chi connectivity index (χ3n) is 2.46. The molecule has 1 aromatic rings. The Morgan fingerprint density at radius 1 is 1.18 bits per heavy atom. The van der Waals surface area contributed by atoms with Gasteiger partial charge in [0.05, 0.1) is 12.8 Å². The average molecular weight is 235 g/mol. The molecule has 0 atom stereocenters. The van der Waals surface area contributed by atoms with E-state index in [-0.39, 0.29) is 18.9 Å². The number of carboxylic acid groups (broad SMARTS) is 1. The summed E-state index contributed by atoms with van der Waals surface area (Å²) in [7, 11) is 0. The number of carbonyl (C=O) groups excluding carboxylic acids is 1. The lowest BCUT2D eigenvalue weighted by Gasteiger charge is -2.04. The molecule has 0 unspecified atom stereocenters. The molecule has 4 heteroatoms. The minimum absolute atomic E-state index is 0.0412. The minimum atomic E-state index is -0.905. The first-order valence-electron chi connectivity index (χ1n) is 5.68. The van der Waals surface area contributed by atoms with Gasteiger partial charge in [-0.1, -0.05) is 31.2 Å². The molecule has 2 N–H and O–H groups in total. The lowest BCUT2D eigenvalue weighted by atomic mass is 10.1. The van der Waals surface area contributed by atoms with Gasteiger partial charge in [0.1, 0.15) is 0 Å². The van der Waals surface area contributed by atoms with Crippen molar-refractivity contribution in [1.82, 2.24) is 5.32 Å². The molecule has 4 nitrogen and oxygen atoms in total. The zero-order valence-corrected chi connectivity index (χ0v) is 9.90. The molecule has 0 saturated carbocycles. The normalized spacial score (nSPS) is 9.94. The third-order valence-corrected chi connectivity index (χ3v) is 2.46. The topological polar surface area (TPSA) is 66.4 Å². The van der Waals surface area contributed by atoms with Crippen LogP contribution in [0.4, 0.5) is 0 Å². The number of amides is 1. The fraction of sp³-hybridized carbons (Fsp3) is 0.385. The Bertz CT molecular complexity index is 384. The number of nitrogens with one attached hydrogen (secondary N) is 1. The van der Waals surface area contributed by atoms with Crippen LogP contribution in [0.5, 0.6) is 0 Å².